The molecular weight excluding hydrogens is 1050 g/mol. The lowest BCUT2D eigenvalue weighted by molar-refractivity contribution is -0.138. The summed E-state index contributed by atoms with van der Waals surface area (Å²) in [5.41, 5.74) is 2.99. The molecule has 13 rings (SSSR count). The van der Waals surface area contributed by atoms with Gasteiger partial charge in [-0.25, -0.2) is 9.59 Å². The molecule has 16 heteroatoms. The van der Waals surface area contributed by atoms with Crippen LogP contribution >= 0.6 is 21.6 Å². The first-order valence-electron chi connectivity index (χ1n) is 30.6. The number of esters is 2. The molecule has 80 heavy (non-hydrogen) atoms. The molecule has 0 radical (unpaired) electrons. The molecule has 9 bridgehead atoms. The third kappa shape index (κ3) is 10.4. The normalized spacial score (nSPS) is 39.1. The Hall–Kier alpha value is -4.37. The highest BCUT2D eigenvalue weighted by molar-refractivity contribution is 8.76. The Labute approximate surface area is 479 Å². The van der Waals surface area contributed by atoms with E-state index in [9.17, 15) is 34.5 Å². The quantitative estimate of drug-likeness (QED) is 0.0357. The number of carbonyl (C=O) groups excluding carboxylic acids is 5. The summed E-state index contributed by atoms with van der Waals surface area (Å²) in [4.78, 5) is 71.5. The first-order chi connectivity index (χ1) is 39.0. The second kappa shape index (κ2) is 23.7. The molecule has 2 amide bonds. The van der Waals surface area contributed by atoms with Crippen LogP contribution in [0.4, 0.5) is 0 Å². The molecule has 1 saturated heterocycles. The van der Waals surface area contributed by atoms with Gasteiger partial charge in [-0.1, -0.05) is 72.6 Å². The maximum absolute atomic E-state index is 15.6. The van der Waals surface area contributed by atoms with Gasteiger partial charge in [-0.3, -0.25) is 14.5 Å². The second-order valence-corrected chi connectivity index (χ2v) is 28.2. The summed E-state index contributed by atoms with van der Waals surface area (Å²) >= 11 is 0. The molecule has 0 unspecified atom stereocenters. The number of rotatable bonds is 12. The van der Waals surface area contributed by atoms with Crippen molar-refractivity contribution in [1.29, 1.82) is 0 Å². The number of imide groups is 1. The van der Waals surface area contributed by atoms with Crippen molar-refractivity contribution >= 4 is 51.6 Å². The molecule has 13 aliphatic rings. The van der Waals surface area contributed by atoms with E-state index in [-0.39, 0.29) is 102 Å². The number of ether oxygens (including phenoxy) is 2. The third-order valence-corrected chi connectivity index (χ3v) is 24.3. The van der Waals surface area contributed by atoms with Gasteiger partial charge >= 0.3 is 11.9 Å². The van der Waals surface area contributed by atoms with Crippen molar-refractivity contribution in [3.05, 3.63) is 81.7 Å². The van der Waals surface area contributed by atoms with E-state index in [0.29, 0.717) is 79.7 Å². The largest absolute Gasteiger partial charge is 0.427 e. The Kier molecular flexibility index (Phi) is 16.6. The lowest BCUT2D eigenvalue weighted by Crippen LogP contribution is -2.54. The molecule has 0 aromatic heterocycles. The fourth-order valence-corrected chi connectivity index (χ4v) is 20.4. The van der Waals surface area contributed by atoms with Crippen LogP contribution in [0.5, 0.6) is 0 Å². The average molecular weight is 1130 g/mol. The van der Waals surface area contributed by atoms with E-state index in [1.807, 2.05) is 0 Å². The molecule has 430 valence electrons. The Morgan fingerprint density at radius 2 is 1.73 bits per heavy atom. The molecular formula is C64H82N4O10S2. The van der Waals surface area contributed by atoms with Crippen molar-refractivity contribution in [2.24, 2.45) is 81.8 Å². The summed E-state index contributed by atoms with van der Waals surface area (Å²) in [7, 11) is 3.43. The van der Waals surface area contributed by atoms with Crippen LogP contribution in [0.2, 0.25) is 0 Å². The molecule has 6 N–H and O–H groups in total. The predicted octanol–water partition coefficient (Wildman–Crippen LogP) is 8.45. The summed E-state index contributed by atoms with van der Waals surface area (Å²) in [5.74, 6) is 7.11. The van der Waals surface area contributed by atoms with Crippen molar-refractivity contribution in [3.63, 3.8) is 0 Å². The molecule has 4 saturated carbocycles. The van der Waals surface area contributed by atoms with E-state index >= 15 is 4.79 Å². The number of aliphatic hydroxyl groups is 3. The Morgan fingerprint density at radius 1 is 0.900 bits per heavy atom. The number of cyclic esters (lactones) is 1. The maximum Gasteiger partial charge on any atom is 0.340 e. The zero-order valence-electron chi connectivity index (χ0n) is 46.5. The van der Waals surface area contributed by atoms with Gasteiger partial charge in [0.2, 0.25) is 0 Å². The van der Waals surface area contributed by atoms with Crippen LogP contribution in [0.25, 0.3) is 0 Å². The minimum atomic E-state index is -1.03. The smallest absolute Gasteiger partial charge is 0.340 e. The summed E-state index contributed by atoms with van der Waals surface area (Å²) in [6.45, 7) is 3.09. The van der Waals surface area contributed by atoms with Gasteiger partial charge in [0, 0.05) is 79.6 Å². The zero-order valence-corrected chi connectivity index (χ0v) is 48.1. The van der Waals surface area contributed by atoms with Crippen molar-refractivity contribution < 1.29 is 48.8 Å². The maximum atomic E-state index is 15.6. The highest BCUT2D eigenvalue weighted by Gasteiger charge is 2.69. The van der Waals surface area contributed by atoms with Crippen LogP contribution in [-0.2, 0) is 33.4 Å². The monoisotopic (exact) mass is 1130 g/mol. The SMILES string of the molecule is CCC1(/C=C2\OC(=O)C3=C2CC[C@H]2[C@@H]4CC[C@@]5(C6=C4[C@@H](CN4C(=O)C=CC4=O)C4=CCNC(=C4)NCSS[C@@H](NC[C@H](O)[C@H]4CCCC[C@@H]4C=O)[C@H]([C@@H]4CC[C@H]7C[C@@H](CO)C[C@@H](CO)C#CC[C@@H]4C7)C/C=C/5OC6=O)[C@@H]32)CCCC1. The van der Waals surface area contributed by atoms with Crippen molar-refractivity contribution in [2.45, 2.75) is 147 Å². The van der Waals surface area contributed by atoms with Crippen molar-refractivity contribution in [3.8, 4) is 11.8 Å². The zero-order chi connectivity index (χ0) is 55.3. The van der Waals surface area contributed by atoms with Gasteiger partial charge in [-0.05, 0) is 172 Å². The second-order valence-electron chi connectivity index (χ2n) is 25.7. The molecule has 1 spiro atoms. The number of hydrogen-bond acceptors (Lipinski definition) is 15. The van der Waals surface area contributed by atoms with E-state index in [0.717, 1.165) is 125 Å². The summed E-state index contributed by atoms with van der Waals surface area (Å²) in [6.07, 6.45) is 28.9. The van der Waals surface area contributed by atoms with E-state index in [4.69, 9.17) is 9.47 Å². The fourth-order valence-electron chi connectivity index (χ4n) is 17.9. The number of carbonyl (C=O) groups is 5. The average Bonchev–Trinajstić information content (AvgIpc) is 4.34. The first-order valence-corrected chi connectivity index (χ1v) is 33.0. The van der Waals surface area contributed by atoms with Gasteiger partial charge in [0.25, 0.3) is 11.8 Å². The number of hydrogen-bond donors (Lipinski definition) is 6. The molecule has 0 aromatic rings. The molecule has 5 heterocycles. The number of fused-ring (bicyclic) bond motifs is 4. The van der Waals surface area contributed by atoms with Gasteiger partial charge in [-0.2, -0.15) is 0 Å². The third-order valence-electron chi connectivity index (χ3n) is 21.8. The fraction of sp³-hybridized carbons (Fsp3) is 0.672. The molecule has 8 aliphatic carbocycles. The first kappa shape index (κ1) is 56.1. The highest BCUT2D eigenvalue weighted by atomic mass is 33.1. The van der Waals surface area contributed by atoms with E-state index in [1.165, 1.54) is 17.1 Å². The van der Waals surface area contributed by atoms with Crippen LogP contribution in [0.1, 0.15) is 135 Å². The van der Waals surface area contributed by atoms with E-state index < -0.39 is 29.3 Å². The van der Waals surface area contributed by atoms with Gasteiger partial charge < -0.3 is 45.5 Å². The number of allylic oxidation sites excluding steroid dienone is 5. The van der Waals surface area contributed by atoms with Gasteiger partial charge in [0.1, 0.15) is 17.8 Å². The van der Waals surface area contributed by atoms with Crippen molar-refractivity contribution in [2.75, 3.05) is 38.7 Å². The Bertz CT molecular complexity index is 2760. The van der Waals surface area contributed by atoms with Crippen molar-refractivity contribution in [1.82, 2.24) is 20.9 Å². The van der Waals surface area contributed by atoms with E-state index in [2.05, 4.69) is 59.0 Å². The number of amides is 2. The number of aldehydes is 1. The van der Waals surface area contributed by atoms with Crippen LogP contribution in [-0.4, -0.2) is 100 Å². The Balaban J connectivity index is 1.01. The lowest BCUT2D eigenvalue weighted by Gasteiger charge is -2.57. The minimum Gasteiger partial charge on any atom is -0.427 e. The van der Waals surface area contributed by atoms with Crippen LogP contribution in [0.15, 0.2) is 81.7 Å². The van der Waals surface area contributed by atoms with E-state index in [1.54, 1.807) is 21.6 Å². The summed E-state index contributed by atoms with van der Waals surface area (Å²) in [6, 6.07) is 0. The van der Waals surface area contributed by atoms with Gasteiger partial charge in [0.05, 0.1) is 40.8 Å². The van der Waals surface area contributed by atoms with Crippen LogP contribution in [0.3, 0.4) is 0 Å². The number of aliphatic hydroxyl groups excluding tert-OH is 3. The van der Waals surface area contributed by atoms with Crippen LogP contribution in [0, 0.1) is 93.7 Å². The predicted molar refractivity (Wildman–Crippen MR) is 306 cm³/mol. The molecule has 0 aromatic carbocycles. The molecule has 15 atom stereocenters. The number of dihydropyridines is 1. The van der Waals surface area contributed by atoms with Gasteiger partial charge in [0.15, 0.2) is 0 Å². The molecule has 14 nitrogen and oxygen atoms in total. The lowest BCUT2D eigenvalue weighted by atomic mass is 9.43. The standard InChI is InChI=1S/C64H82N4O10S2/c1-2-63(22-5-6-23-63)30-51-48-15-14-46-45-20-24-64(58(46)57(48)61(75)77-51)52-17-16-47(43-13-12-37-26-39(34-70)27-38(33-69)8-7-10-40(43)28-37)60(66-31-50(72)44-11-4-3-9-42(44)35-71)80-79-36-67-53-29-41(21-25-65-53)49(56(45)59(64)62(76)78-52)32-68-54(73)18-19-55(68)74/h17-19,21,29-30,35,37-40,42-47,49-50,58,60,65-67,69-70,72H,2-6,9-16,20,22-28,31-34,36H2,1H3/b51-30-,52-17-/t37-,38-,39+,40+,42+,43+,44-,45-,46-,47-,49-,50-,58+,60+,64-/m0/s1. The topological polar surface area (TPSA) is 204 Å². The molecule has 5 aliphatic heterocycles. The number of nitrogens with zero attached hydrogens (tertiary/aromatic N) is 1. The summed E-state index contributed by atoms with van der Waals surface area (Å²) < 4.78 is 13.4. The van der Waals surface area contributed by atoms with Gasteiger partial charge in [-0.15, -0.1) is 5.92 Å². The number of nitrogens with one attached hydrogen (secondary N) is 3. The van der Waals surface area contributed by atoms with Crippen LogP contribution < -0.4 is 16.0 Å². The molecule has 5 fully saturated rings. The highest BCUT2D eigenvalue weighted by Crippen LogP contribution is 2.72. The minimum absolute atomic E-state index is 0.0352. The Morgan fingerprint density at radius 3 is 2.51 bits per heavy atom. The summed E-state index contributed by atoms with van der Waals surface area (Å²) in [5, 5.41) is 44.0.